The fourth-order valence-electron chi connectivity index (χ4n) is 7.02. The van der Waals surface area contributed by atoms with Gasteiger partial charge in [0.1, 0.15) is 17.0 Å². The van der Waals surface area contributed by atoms with Crippen molar-refractivity contribution in [3.63, 3.8) is 0 Å². The second-order valence-corrected chi connectivity index (χ2v) is 13.7. The highest BCUT2D eigenvalue weighted by Gasteiger charge is 2.39. The Bertz CT molecular complexity index is 1790. The van der Waals surface area contributed by atoms with Crippen LogP contribution in [0.25, 0.3) is 11.3 Å². The highest BCUT2D eigenvalue weighted by atomic mass is 19.1. The maximum Gasteiger partial charge on any atom is 0.407 e. The first-order valence-corrected chi connectivity index (χ1v) is 17.0. The number of rotatable bonds is 6. The number of carbonyl (C=O) groups is 3. The number of benzene rings is 2. The van der Waals surface area contributed by atoms with Crippen molar-refractivity contribution in [2.75, 3.05) is 72.8 Å². The zero-order valence-corrected chi connectivity index (χ0v) is 28.3. The summed E-state index contributed by atoms with van der Waals surface area (Å²) in [6.07, 6.45) is 1.13. The number of halogens is 1. The lowest BCUT2D eigenvalue weighted by Gasteiger charge is -2.34. The van der Waals surface area contributed by atoms with Crippen molar-refractivity contribution in [1.82, 2.24) is 19.8 Å². The molecule has 14 nitrogen and oxygen atoms in total. The number of ether oxygens (including phenoxy) is 2. The van der Waals surface area contributed by atoms with E-state index in [0.717, 1.165) is 18.5 Å². The van der Waals surface area contributed by atoms with Gasteiger partial charge in [0.2, 0.25) is 11.8 Å². The van der Waals surface area contributed by atoms with Crippen LogP contribution in [0.3, 0.4) is 0 Å². The van der Waals surface area contributed by atoms with Crippen molar-refractivity contribution in [3.8, 4) is 17.1 Å². The summed E-state index contributed by atoms with van der Waals surface area (Å²) in [5, 5.41) is 14.5. The van der Waals surface area contributed by atoms with Gasteiger partial charge in [-0.1, -0.05) is 6.07 Å². The summed E-state index contributed by atoms with van der Waals surface area (Å²) in [5.74, 6) is -0.456. The standard InChI is InChI=1S/C35H41FN8O6/c1-4-41-20-35(2,3)50-30-28(31(41)45)29(39-32(40-30)44-18-24-10-11-25(19-44)49-24)21-5-12-27(26(36)17-21)38-33(46)37-22-6-8-23(9-7-22)42-13-15-43(16-14-42)34(47)48/h5-9,12,17,24-25H,4,10-11,13-16,18-20H2,1-3H3,(H,47,48)(H2,37,38,46). The Kier molecular flexibility index (Phi) is 8.84. The zero-order chi connectivity index (χ0) is 35.2. The van der Waals surface area contributed by atoms with Gasteiger partial charge in [-0.25, -0.2) is 19.0 Å². The van der Waals surface area contributed by atoms with Gasteiger partial charge in [-0.2, -0.15) is 4.98 Å². The van der Waals surface area contributed by atoms with E-state index in [4.69, 9.17) is 19.4 Å². The Morgan fingerprint density at radius 2 is 1.68 bits per heavy atom. The zero-order valence-electron chi connectivity index (χ0n) is 28.3. The fourth-order valence-corrected chi connectivity index (χ4v) is 7.02. The van der Waals surface area contributed by atoms with Crippen molar-refractivity contribution >= 4 is 41.0 Å². The minimum Gasteiger partial charge on any atom is -0.469 e. The molecule has 50 heavy (non-hydrogen) atoms. The highest BCUT2D eigenvalue weighted by molar-refractivity contribution is 6.03. The Hall–Kier alpha value is -5.18. The third kappa shape index (κ3) is 6.82. The Morgan fingerprint density at radius 1 is 0.980 bits per heavy atom. The minimum atomic E-state index is -0.925. The third-order valence-corrected chi connectivity index (χ3v) is 9.55. The number of hydrogen-bond acceptors (Lipinski definition) is 9. The van der Waals surface area contributed by atoms with Crippen LogP contribution in [0.5, 0.6) is 5.88 Å². The molecule has 3 fully saturated rings. The van der Waals surface area contributed by atoms with Gasteiger partial charge < -0.3 is 44.8 Å². The molecule has 4 amide bonds. The van der Waals surface area contributed by atoms with E-state index in [-0.39, 0.29) is 40.9 Å². The van der Waals surface area contributed by atoms with Crippen molar-refractivity contribution in [1.29, 1.82) is 0 Å². The number of likely N-dealkylation sites (N-methyl/N-ethyl adjacent to an activating group) is 1. The average Bonchev–Trinajstić information content (AvgIpc) is 3.39. The summed E-state index contributed by atoms with van der Waals surface area (Å²) in [5.41, 5.74) is 1.40. The minimum absolute atomic E-state index is 0.0526. The number of urea groups is 1. The number of hydrogen-bond donors (Lipinski definition) is 3. The van der Waals surface area contributed by atoms with Crippen molar-refractivity contribution < 1.29 is 33.4 Å². The summed E-state index contributed by atoms with van der Waals surface area (Å²) in [7, 11) is 0. The largest absolute Gasteiger partial charge is 0.469 e. The number of nitrogens with zero attached hydrogens (tertiary/aromatic N) is 6. The van der Waals surface area contributed by atoms with Gasteiger partial charge in [0.25, 0.3) is 5.91 Å². The van der Waals surface area contributed by atoms with Crippen LogP contribution in [0.15, 0.2) is 42.5 Å². The van der Waals surface area contributed by atoms with E-state index in [2.05, 4.69) is 15.5 Å². The van der Waals surface area contributed by atoms with Crippen LogP contribution in [0.4, 0.5) is 37.0 Å². The molecule has 1 aromatic heterocycles. The fraction of sp³-hybridized carbons (Fsp3) is 0.457. The molecular weight excluding hydrogens is 647 g/mol. The predicted molar refractivity (Wildman–Crippen MR) is 185 cm³/mol. The maximum atomic E-state index is 15.7. The predicted octanol–water partition coefficient (Wildman–Crippen LogP) is 4.73. The van der Waals surface area contributed by atoms with Gasteiger partial charge in [-0.15, -0.1) is 0 Å². The van der Waals surface area contributed by atoms with Gasteiger partial charge in [0.15, 0.2) is 0 Å². The maximum absolute atomic E-state index is 15.7. The first kappa shape index (κ1) is 33.3. The van der Waals surface area contributed by atoms with Crippen molar-refractivity contribution in [3.05, 3.63) is 53.8 Å². The van der Waals surface area contributed by atoms with Crippen LogP contribution in [-0.2, 0) is 4.74 Å². The number of anilines is 4. The highest BCUT2D eigenvalue weighted by Crippen LogP contribution is 2.38. The molecule has 2 aromatic carbocycles. The molecule has 0 aliphatic carbocycles. The monoisotopic (exact) mass is 688 g/mol. The molecule has 0 saturated carbocycles. The van der Waals surface area contributed by atoms with Crippen LogP contribution in [0.2, 0.25) is 0 Å². The van der Waals surface area contributed by atoms with Gasteiger partial charge in [0.05, 0.1) is 30.1 Å². The molecule has 4 aliphatic rings. The summed E-state index contributed by atoms with van der Waals surface area (Å²) in [6.45, 7) is 9.65. The Labute approximate surface area is 289 Å². The third-order valence-electron chi connectivity index (χ3n) is 9.55. The number of carbonyl (C=O) groups excluding carboxylic acids is 2. The molecule has 2 bridgehead atoms. The van der Waals surface area contributed by atoms with E-state index < -0.39 is 23.5 Å². The molecule has 2 unspecified atom stereocenters. The van der Waals surface area contributed by atoms with E-state index in [0.29, 0.717) is 69.6 Å². The molecule has 0 spiro atoms. The summed E-state index contributed by atoms with van der Waals surface area (Å²) in [6, 6.07) is 10.8. The Balaban J connectivity index is 1.11. The van der Waals surface area contributed by atoms with Crippen LogP contribution in [0.1, 0.15) is 44.0 Å². The van der Waals surface area contributed by atoms with Crippen molar-refractivity contribution in [2.45, 2.75) is 51.4 Å². The molecule has 3 N–H and O–H groups in total. The Morgan fingerprint density at radius 3 is 2.32 bits per heavy atom. The summed E-state index contributed by atoms with van der Waals surface area (Å²) < 4.78 is 28.1. The molecule has 5 heterocycles. The number of amides is 4. The van der Waals surface area contributed by atoms with Gasteiger partial charge in [0, 0.05) is 62.8 Å². The number of nitrogens with one attached hydrogen (secondary N) is 2. The SMILES string of the molecule is CCN1CC(C)(C)Oc2nc(N3CC4CCC(C3)O4)nc(-c3ccc(NC(=O)Nc4ccc(N5CCN(C(=O)O)CC5)cc4)c(F)c3)c2C1=O. The van der Waals surface area contributed by atoms with E-state index in [9.17, 15) is 19.5 Å². The van der Waals surface area contributed by atoms with E-state index >= 15 is 4.39 Å². The van der Waals surface area contributed by atoms with Crippen LogP contribution in [-0.4, -0.2) is 113 Å². The average molecular weight is 689 g/mol. The summed E-state index contributed by atoms with van der Waals surface area (Å²) in [4.78, 5) is 54.8. The van der Waals surface area contributed by atoms with E-state index in [1.54, 1.807) is 23.1 Å². The lowest BCUT2D eigenvalue weighted by molar-refractivity contribution is 0.0297. The normalized spacial score (nSPS) is 21.3. The van der Waals surface area contributed by atoms with E-state index in [1.165, 1.54) is 17.0 Å². The number of carboxylic acid groups (broad SMARTS) is 1. The quantitative estimate of drug-likeness (QED) is 0.332. The number of piperazine rings is 1. The molecule has 0 radical (unpaired) electrons. The molecule has 15 heteroatoms. The summed E-state index contributed by atoms with van der Waals surface area (Å²) >= 11 is 0. The van der Waals surface area contributed by atoms with Crippen molar-refractivity contribution in [2.24, 2.45) is 0 Å². The molecule has 7 rings (SSSR count). The lowest BCUT2D eigenvalue weighted by atomic mass is 10.0. The molecule has 3 saturated heterocycles. The smallest absolute Gasteiger partial charge is 0.407 e. The molecule has 2 atom stereocenters. The van der Waals surface area contributed by atoms with E-state index in [1.807, 2.05) is 37.8 Å². The molecule has 3 aromatic rings. The van der Waals surface area contributed by atoms with Gasteiger partial charge in [-0.3, -0.25) is 4.79 Å². The lowest BCUT2D eigenvalue weighted by Crippen LogP contribution is -2.48. The van der Waals surface area contributed by atoms with Crippen LogP contribution < -0.4 is 25.2 Å². The van der Waals surface area contributed by atoms with Gasteiger partial charge in [-0.05, 0) is 70.0 Å². The first-order valence-electron chi connectivity index (χ1n) is 17.0. The van der Waals surface area contributed by atoms with Crippen LogP contribution in [0, 0.1) is 5.82 Å². The number of fused-ring (bicyclic) bond motifs is 3. The molecule has 264 valence electrons. The van der Waals surface area contributed by atoms with Crippen LogP contribution >= 0.6 is 0 Å². The molecular formula is C35H41FN8O6. The second-order valence-electron chi connectivity index (χ2n) is 13.7. The molecule has 4 aliphatic heterocycles. The number of aromatic nitrogens is 2. The van der Waals surface area contributed by atoms with Gasteiger partial charge >= 0.3 is 12.1 Å². The topological polar surface area (TPSA) is 153 Å². The first-order chi connectivity index (χ1) is 24.0. The second kappa shape index (κ2) is 13.3. The number of morpholine rings is 1.